The van der Waals surface area contributed by atoms with Crippen molar-refractivity contribution in [2.24, 2.45) is 0 Å². The second kappa shape index (κ2) is 9.03. The van der Waals surface area contributed by atoms with E-state index >= 15 is 0 Å². The zero-order chi connectivity index (χ0) is 20.1. The van der Waals surface area contributed by atoms with E-state index in [4.69, 9.17) is 21.1 Å². The number of hydrogen-bond donors (Lipinski definition) is 2. The smallest absolute Gasteiger partial charge is 0.257 e. The van der Waals surface area contributed by atoms with Crippen molar-refractivity contribution in [3.8, 4) is 5.75 Å². The average molecular weight is 410 g/mol. The van der Waals surface area contributed by atoms with Gasteiger partial charge in [-0.2, -0.15) is 4.98 Å². The Morgan fingerprint density at radius 1 is 1.39 bits per heavy atom. The number of rotatable bonds is 6. The van der Waals surface area contributed by atoms with Gasteiger partial charge in [0.15, 0.2) is 0 Å². The summed E-state index contributed by atoms with van der Waals surface area (Å²) in [5.74, 6) is -0.101. The molecule has 3 rings (SSSR count). The predicted octanol–water partition coefficient (Wildman–Crippen LogP) is 2.93. The summed E-state index contributed by atoms with van der Waals surface area (Å²) in [5, 5.41) is 6.29. The zero-order valence-corrected chi connectivity index (χ0v) is 16.3. The van der Waals surface area contributed by atoms with Crippen molar-refractivity contribution in [3.05, 3.63) is 34.7 Å². The first-order valence-electron chi connectivity index (χ1n) is 8.81. The maximum Gasteiger partial charge on any atom is 0.257 e. The molecule has 0 aliphatic carbocycles. The lowest BCUT2D eigenvalue weighted by Gasteiger charge is -2.27. The van der Waals surface area contributed by atoms with Crippen LogP contribution in [-0.2, 0) is 4.74 Å². The van der Waals surface area contributed by atoms with Crippen LogP contribution in [0.15, 0.2) is 18.3 Å². The number of halogens is 2. The van der Waals surface area contributed by atoms with Crippen molar-refractivity contribution in [1.82, 2.24) is 14.9 Å². The highest BCUT2D eigenvalue weighted by Crippen LogP contribution is 2.31. The van der Waals surface area contributed by atoms with Crippen molar-refractivity contribution in [2.75, 3.05) is 50.6 Å². The molecule has 0 radical (unpaired) electrons. The Bertz CT molecular complexity index is 861. The molecule has 8 nitrogen and oxygen atoms in total. The number of carbonyl (C=O) groups is 1. The second-order valence-corrected chi connectivity index (χ2v) is 6.39. The molecule has 1 amide bonds. The third kappa shape index (κ3) is 4.42. The lowest BCUT2D eigenvalue weighted by Crippen LogP contribution is -2.41. The fraction of sp³-hybridized carbons (Fsp3) is 0.389. The number of morpholine rings is 1. The van der Waals surface area contributed by atoms with Gasteiger partial charge in [0.1, 0.15) is 22.4 Å². The molecule has 1 saturated heterocycles. The molecule has 28 heavy (non-hydrogen) atoms. The van der Waals surface area contributed by atoms with Gasteiger partial charge >= 0.3 is 0 Å². The van der Waals surface area contributed by atoms with E-state index in [-0.39, 0.29) is 11.5 Å². The van der Waals surface area contributed by atoms with Crippen LogP contribution >= 0.6 is 11.6 Å². The summed E-state index contributed by atoms with van der Waals surface area (Å²) in [6, 6.07) is 2.56. The molecule has 0 bridgehead atoms. The molecule has 0 saturated carbocycles. The highest BCUT2D eigenvalue weighted by Gasteiger charge is 2.23. The van der Waals surface area contributed by atoms with E-state index < -0.39 is 11.7 Å². The molecule has 2 heterocycles. The first-order valence-corrected chi connectivity index (χ1v) is 9.19. The van der Waals surface area contributed by atoms with Crippen molar-refractivity contribution < 1.29 is 18.7 Å². The van der Waals surface area contributed by atoms with Crippen LogP contribution < -0.4 is 15.4 Å². The van der Waals surface area contributed by atoms with Crippen molar-refractivity contribution >= 4 is 35.0 Å². The van der Waals surface area contributed by atoms with Crippen LogP contribution in [0, 0.1) is 5.82 Å². The Hall–Kier alpha value is -2.65. The maximum atomic E-state index is 14.7. The molecule has 1 aliphatic heterocycles. The summed E-state index contributed by atoms with van der Waals surface area (Å²) in [6.07, 6.45) is 1.44. The minimum absolute atomic E-state index is 0.0605. The summed E-state index contributed by atoms with van der Waals surface area (Å²) in [4.78, 5) is 22.5. The number of ether oxygens (including phenoxy) is 2. The normalized spacial score (nSPS) is 13.9. The fourth-order valence-corrected chi connectivity index (χ4v) is 2.92. The van der Waals surface area contributed by atoms with E-state index in [2.05, 4.69) is 20.6 Å². The number of amides is 1. The van der Waals surface area contributed by atoms with Crippen LogP contribution in [0.5, 0.6) is 5.75 Å². The molecule has 0 unspecified atom stereocenters. The first kappa shape index (κ1) is 20.1. The van der Waals surface area contributed by atoms with Gasteiger partial charge in [-0.15, -0.1) is 0 Å². The number of nitrogens with zero attached hydrogens (tertiary/aromatic N) is 3. The Labute approximate surface area is 167 Å². The van der Waals surface area contributed by atoms with Crippen LogP contribution in [0.25, 0.3) is 0 Å². The summed E-state index contributed by atoms with van der Waals surface area (Å²) in [6.45, 7) is 4.26. The summed E-state index contributed by atoms with van der Waals surface area (Å²) < 4.78 is 25.3. The molecule has 150 valence electrons. The summed E-state index contributed by atoms with van der Waals surface area (Å²) in [5.41, 5.74) is 0.234. The molecule has 10 heteroatoms. The third-order valence-corrected chi connectivity index (χ3v) is 4.43. The highest BCUT2D eigenvalue weighted by molar-refractivity contribution is 6.32. The largest absolute Gasteiger partial charge is 0.495 e. The SMILES string of the molecule is CCNc1nc(Nc2cc(F)c(C(=O)N3CCOCC3)cc2OC)ncc1Cl. The fourth-order valence-electron chi connectivity index (χ4n) is 2.76. The monoisotopic (exact) mass is 409 g/mol. The van der Waals surface area contributed by atoms with E-state index in [9.17, 15) is 9.18 Å². The molecule has 1 aliphatic rings. The van der Waals surface area contributed by atoms with Gasteiger partial charge in [-0.1, -0.05) is 11.6 Å². The van der Waals surface area contributed by atoms with E-state index in [1.165, 1.54) is 25.4 Å². The minimum atomic E-state index is -0.666. The van der Waals surface area contributed by atoms with Crippen LogP contribution in [-0.4, -0.2) is 60.7 Å². The standard InChI is InChI=1S/C18H21ClFN5O3/c1-3-21-16-12(19)10-22-18(24-16)23-14-9-13(20)11(8-15(14)27-2)17(26)25-4-6-28-7-5-25/h8-10H,3-7H2,1-2H3,(H2,21,22,23,24). The first-order chi connectivity index (χ1) is 13.5. The van der Waals surface area contributed by atoms with Gasteiger partial charge in [-0.05, 0) is 13.0 Å². The van der Waals surface area contributed by atoms with Crippen LogP contribution in [0.3, 0.4) is 0 Å². The van der Waals surface area contributed by atoms with Gasteiger partial charge in [-0.3, -0.25) is 4.79 Å². The van der Waals surface area contributed by atoms with E-state index in [0.717, 1.165) is 0 Å². The molecule has 2 N–H and O–H groups in total. The number of hydrogen-bond acceptors (Lipinski definition) is 7. The summed E-state index contributed by atoms with van der Waals surface area (Å²) in [7, 11) is 1.44. The van der Waals surface area contributed by atoms with Gasteiger partial charge in [-0.25, -0.2) is 9.37 Å². The Morgan fingerprint density at radius 2 is 2.14 bits per heavy atom. The number of aromatic nitrogens is 2. The number of carbonyl (C=O) groups excluding carboxylic acids is 1. The van der Waals surface area contributed by atoms with Crippen molar-refractivity contribution in [2.45, 2.75) is 6.92 Å². The van der Waals surface area contributed by atoms with Crippen LogP contribution in [0.1, 0.15) is 17.3 Å². The van der Waals surface area contributed by atoms with Crippen molar-refractivity contribution in [3.63, 3.8) is 0 Å². The number of nitrogens with one attached hydrogen (secondary N) is 2. The molecular weight excluding hydrogens is 389 g/mol. The van der Waals surface area contributed by atoms with Gasteiger partial charge in [0, 0.05) is 25.7 Å². The molecule has 0 atom stereocenters. The number of benzene rings is 1. The van der Waals surface area contributed by atoms with E-state index in [1.54, 1.807) is 4.90 Å². The molecule has 1 aromatic carbocycles. The van der Waals surface area contributed by atoms with Gasteiger partial charge in [0.2, 0.25) is 5.95 Å². The van der Waals surface area contributed by atoms with Gasteiger partial charge in [0.05, 0.1) is 37.8 Å². The van der Waals surface area contributed by atoms with Gasteiger partial charge in [0.25, 0.3) is 5.91 Å². The lowest BCUT2D eigenvalue weighted by atomic mass is 10.1. The summed E-state index contributed by atoms with van der Waals surface area (Å²) >= 11 is 6.04. The van der Waals surface area contributed by atoms with Crippen LogP contribution in [0.4, 0.5) is 21.8 Å². The Balaban J connectivity index is 1.87. The highest BCUT2D eigenvalue weighted by atomic mass is 35.5. The minimum Gasteiger partial charge on any atom is -0.495 e. The number of methoxy groups -OCH3 is 1. The second-order valence-electron chi connectivity index (χ2n) is 5.98. The van der Waals surface area contributed by atoms with Crippen molar-refractivity contribution in [1.29, 1.82) is 0 Å². The number of anilines is 3. The Morgan fingerprint density at radius 3 is 2.82 bits per heavy atom. The average Bonchev–Trinajstić information content (AvgIpc) is 2.71. The van der Waals surface area contributed by atoms with Gasteiger partial charge < -0.3 is 25.0 Å². The van der Waals surface area contributed by atoms with Crippen LogP contribution in [0.2, 0.25) is 5.02 Å². The van der Waals surface area contributed by atoms with E-state index in [1.807, 2.05) is 6.92 Å². The molecule has 1 fully saturated rings. The molecular formula is C18H21ClFN5O3. The lowest BCUT2D eigenvalue weighted by molar-refractivity contribution is 0.0299. The molecule has 1 aromatic heterocycles. The zero-order valence-electron chi connectivity index (χ0n) is 15.6. The maximum absolute atomic E-state index is 14.7. The molecule has 0 spiro atoms. The third-order valence-electron chi connectivity index (χ3n) is 4.15. The van der Waals surface area contributed by atoms with E-state index in [0.29, 0.717) is 55.1 Å². The topological polar surface area (TPSA) is 88.6 Å². The predicted molar refractivity (Wildman–Crippen MR) is 104 cm³/mol. The Kier molecular flexibility index (Phi) is 6.48. The molecule has 2 aromatic rings. The quantitative estimate of drug-likeness (QED) is 0.758.